The first-order valence-electron chi connectivity index (χ1n) is 6.25. The number of hydrogen-bond donors (Lipinski definition) is 1. The molecule has 0 saturated heterocycles. The molecule has 1 atom stereocenters. The van der Waals surface area contributed by atoms with Gasteiger partial charge in [0, 0.05) is 5.56 Å². The van der Waals surface area contributed by atoms with Gasteiger partial charge in [-0.25, -0.2) is 4.79 Å². The third-order valence-corrected chi connectivity index (χ3v) is 3.08. The van der Waals surface area contributed by atoms with Crippen molar-refractivity contribution in [1.82, 2.24) is 5.32 Å². The Morgan fingerprint density at radius 2 is 2.05 bits per heavy atom. The number of benzene rings is 1. The summed E-state index contributed by atoms with van der Waals surface area (Å²) in [5.74, 6) is -0.348. The third-order valence-electron chi connectivity index (χ3n) is 2.78. The Hall–Kier alpha value is -1.75. The largest absolute Gasteiger partial charge is 0.495 e. The lowest BCUT2D eigenvalue weighted by Crippen LogP contribution is -2.41. The maximum Gasteiger partial charge on any atom is 0.328 e. The lowest BCUT2D eigenvalue weighted by atomic mass is 10.1. The van der Waals surface area contributed by atoms with Gasteiger partial charge in [-0.1, -0.05) is 24.9 Å². The molecule has 1 aromatic carbocycles. The lowest BCUT2D eigenvalue weighted by Gasteiger charge is -2.16. The van der Waals surface area contributed by atoms with E-state index in [-0.39, 0.29) is 5.91 Å². The molecule has 20 heavy (non-hydrogen) atoms. The first kappa shape index (κ1) is 16.3. The number of halogens is 1. The molecule has 0 aliphatic carbocycles. The van der Waals surface area contributed by atoms with Gasteiger partial charge in [-0.05, 0) is 24.6 Å². The highest BCUT2D eigenvalue weighted by molar-refractivity contribution is 6.32. The average Bonchev–Trinajstić information content (AvgIpc) is 2.45. The first-order valence-corrected chi connectivity index (χ1v) is 6.63. The van der Waals surface area contributed by atoms with Crippen molar-refractivity contribution >= 4 is 23.5 Å². The zero-order chi connectivity index (χ0) is 15.1. The van der Waals surface area contributed by atoms with E-state index in [2.05, 4.69) is 10.1 Å². The Bertz CT molecular complexity index is 490. The average molecular weight is 300 g/mol. The molecule has 1 amide bonds. The van der Waals surface area contributed by atoms with Gasteiger partial charge in [0.25, 0.3) is 5.91 Å². The fourth-order valence-electron chi connectivity index (χ4n) is 1.73. The minimum atomic E-state index is -0.654. The predicted molar refractivity (Wildman–Crippen MR) is 76.2 cm³/mol. The van der Waals surface area contributed by atoms with Crippen molar-refractivity contribution in [2.24, 2.45) is 0 Å². The molecule has 6 heteroatoms. The van der Waals surface area contributed by atoms with Gasteiger partial charge in [0.15, 0.2) is 0 Å². The van der Waals surface area contributed by atoms with Crippen LogP contribution in [0.4, 0.5) is 0 Å². The highest BCUT2D eigenvalue weighted by Crippen LogP contribution is 2.24. The fourth-order valence-corrected chi connectivity index (χ4v) is 1.99. The molecule has 0 saturated carbocycles. The Balaban J connectivity index is 2.83. The summed E-state index contributed by atoms with van der Waals surface area (Å²) in [6, 6.07) is 4.03. The van der Waals surface area contributed by atoms with E-state index in [1.807, 2.05) is 6.92 Å². The number of amides is 1. The van der Waals surface area contributed by atoms with E-state index < -0.39 is 12.0 Å². The Morgan fingerprint density at radius 3 is 2.55 bits per heavy atom. The van der Waals surface area contributed by atoms with Crippen LogP contribution in [0.2, 0.25) is 5.02 Å². The smallest absolute Gasteiger partial charge is 0.328 e. The summed E-state index contributed by atoms with van der Waals surface area (Å²) < 4.78 is 9.68. The number of esters is 1. The maximum absolute atomic E-state index is 12.1. The zero-order valence-corrected chi connectivity index (χ0v) is 12.5. The summed E-state index contributed by atoms with van der Waals surface area (Å²) in [5.41, 5.74) is 0.362. The molecule has 0 fully saturated rings. The van der Waals surface area contributed by atoms with E-state index in [1.54, 1.807) is 12.1 Å². The van der Waals surface area contributed by atoms with E-state index in [1.165, 1.54) is 20.3 Å². The third kappa shape index (κ3) is 4.13. The van der Waals surface area contributed by atoms with Gasteiger partial charge >= 0.3 is 5.97 Å². The highest BCUT2D eigenvalue weighted by Gasteiger charge is 2.21. The summed E-state index contributed by atoms with van der Waals surface area (Å²) in [6.45, 7) is 1.92. The Kier molecular flexibility index (Phi) is 6.31. The Morgan fingerprint density at radius 1 is 1.35 bits per heavy atom. The number of carbonyl (C=O) groups excluding carboxylic acids is 2. The van der Waals surface area contributed by atoms with Gasteiger partial charge in [0.1, 0.15) is 11.8 Å². The molecule has 0 spiro atoms. The topological polar surface area (TPSA) is 64.6 Å². The molecular weight excluding hydrogens is 282 g/mol. The van der Waals surface area contributed by atoms with Crippen LogP contribution in [0.15, 0.2) is 18.2 Å². The van der Waals surface area contributed by atoms with Crippen LogP contribution < -0.4 is 10.1 Å². The first-order chi connectivity index (χ1) is 9.53. The maximum atomic E-state index is 12.1. The van der Waals surface area contributed by atoms with Crippen molar-refractivity contribution in [1.29, 1.82) is 0 Å². The van der Waals surface area contributed by atoms with Crippen molar-refractivity contribution in [3.8, 4) is 5.75 Å². The van der Waals surface area contributed by atoms with E-state index in [0.29, 0.717) is 22.8 Å². The molecule has 0 aromatic heterocycles. The van der Waals surface area contributed by atoms with Gasteiger partial charge in [0.2, 0.25) is 0 Å². The van der Waals surface area contributed by atoms with Gasteiger partial charge in [-0.3, -0.25) is 4.79 Å². The number of rotatable bonds is 6. The highest BCUT2D eigenvalue weighted by atomic mass is 35.5. The molecule has 110 valence electrons. The summed E-state index contributed by atoms with van der Waals surface area (Å²) in [7, 11) is 2.79. The molecule has 1 aromatic rings. The molecule has 0 bridgehead atoms. The van der Waals surface area contributed by atoms with Crippen LogP contribution in [0.1, 0.15) is 30.1 Å². The number of carbonyl (C=O) groups is 2. The molecule has 0 heterocycles. The number of ether oxygens (including phenoxy) is 2. The van der Waals surface area contributed by atoms with Crippen LogP contribution >= 0.6 is 11.6 Å². The predicted octanol–water partition coefficient (Wildman–Crippen LogP) is 2.42. The second-order valence-corrected chi connectivity index (χ2v) is 4.59. The lowest BCUT2D eigenvalue weighted by molar-refractivity contribution is -0.143. The van der Waals surface area contributed by atoms with Crippen LogP contribution in [-0.2, 0) is 9.53 Å². The quantitative estimate of drug-likeness (QED) is 0.819. The summed E-state index contributed by atoms with van der Waals surface area (Å²) in [6.07, 6.45) is 1.27. The summed E-state index contributed by atoms with van der Waals surface area (Å²) >= 11 is 5.96. The van der Waals surface area contributed by atoms with Gasteiger partial charge < -0.3 is 14.8 Å². The van der Waals surface area contributed by atoms with Crippen molar-refractivity contribution in [2.75, 3.05) is 14.2 Å². The molecule has 0 radical (unpaired) electrons. The van der Waals surface area contributed by atoms with E-state index in [0.717, 1.165) is 6.42 Å². The molecule has 0 unspecified atom stereocenters. The van der Waals surface area contributed by atoms with Crippen LogP contribution in [0.3, 0.4) is 0 Å². The van der Waals surface area contributed by atoms with E-state index in [9.17, 15) is 9.59 Å². The minimum absolute atomic E-state index is 0.338. The number of methoxy groups -OCH3 is 2. The standard InChI is InChI=1S/C14H18ClNO4/c1-4-5-11(14(18)20-3)16-13(17)9-6-7-12(19-2)10(15)8-9/h6-8,11H,4-5H2,1-3H3,(H,16,17)/t11-/m1/s1. The fraction of sp³-hybridized carbons (Fsp3) is 0.429. The van der Waals surface area contributed by atoms with Crippen molar-refractivity contribution in [2.45, 2.75) is 25.8 Å². The minimum Gasteiger partial charge on any atom is -0.495 e. The molecule has 5 nitrogen and oxygen atoms in total. The van der Waals surface area contributed by atoms with Crippen LogP contribution in [0.25, 0.3) is 0 Å². The molecule has 1 rings (SSSR count). The van der Waals surface area contributed by atoms with E-state index in [4.69, 9.17) is 16.3 Å². The molecule has 0 aliphatic heterocycles. The zero-order valence-electron chi connectivity index (χ0n) is 11.7. The SMILES string of the molecule is CCC[C@@H](NC(=O)c1ccc(OC)c(Cl)c1)C(=O)OC. The van der Waals surface area contributed by atoms with Crippen LogP contribution in [-0.4, -0.2) is 32.1 Å². The number of nitrogens with one attached hydrogen (secondary N) is 1. The van der Waals surface area contributed by atoms with Crippen molar-refractivity contribution < 1.29 is 19.1 Å². The summed E-state index contributed by atoms with van der Waals surface area (Å²) in [5, 5.41) is 2.97. The number of hydrogen-bond acceptors (Lipinski definition) is 4. The second-order valence-electron chi connectivity index (χ2n) is 4.19. The van der Waals surface area contributed by atoms with Crippen LogP contribution in [0.5, 0.6) is 5.75 Å². The Labute approximate surface area is 123 Å². The molecule has 0 aliphatic rings. The van der Waals surface area contributed by atoms with Gasteiger partial charge in [-0.15, -0.1) is 0 Å². The monoisotopic (exact) mass is 299 g/mol. The normalized spacial score (nSPS) is 11.6. The molecule has 1 N–H and O–H groups in total. The molecular formula is C14H18ClNO4. The van der Waals surface area contributed by atoms with E-state index >= 15 is 0 Å². The summed E-state index contributed by atoms with van der Waals surface area (Å²) in [4.78, 5) is 23.6. The van der Waals surface area contributed by atoms with Crippen molar-refractivity contribution in [3.63, 3.8) is 0 Å². The van der Waals surface area contributed by atoms with Crippen molar-refractivity contribution in [3.05, 3.63) is 28.8 Å². The van der Waals surface area contributed by atoms with Gasteiger partial charge in [0.05, 0.1) is 19.2 Å². The second kappa shape index (κ2) is 7.75. The van der Waals surface area contributed by atoms with Gasteiger partial charge in [-0.2, -0.15) is 0 Å². The van der Waals surface area contributed by atoms with Crippen LogP contribution in [0, 0.1) is 0 Å².